The van der Waals surface area contributed by atoms with Gasteiger partial charge < -0.3 is 9.64 Å². The fraction of sp³-hybridized carbons (Fsp3) is 0.471. The number of nitriles is 1. The minimum absolute atomic E-state index is 0.152. The maximum absolute atomic E-state index is 14.5. The molecule has 3 atom stereocenters. The van der Waals surface area contributed by atoms with Gasteiger partial charge in [-0.15, -0.1) is 11.8 Å². The van der Waals surface area contributed by atoms with Gasteiger partial charge in [-0.3, -0.25) is 0 Å². The summed E-state index contributed by atoms with van der Waals surface area (Å²) in [6.45, 7) is 5.36. The minimum Gasteiger partial charge on any atom is -0.380 e. The van der Waals surface area contributed by atoms with Crippen LogP contribution in [0.5, 0.6) is 0 Å². The van der Waals surface area contributed by atoms with Crippen molar-refractivity contribution in [2.75, 3.05) is 19.0 Å². The predicted octanol–water partition coefficient (Wildman–Crippen LogP) is 3.49. The Hall–Kier alpha value is -1.51. The molecule has 0 saturated carbocycles. The van der Waals surface area contributed by atoms with E-state index >= 15 is 0 Å². The third kappa shape index (κ3) is 2.22. The first-order chi connectivity index (χ1) is 10.5. The number of ether oxygens (including phenoxy) is 1. The summed E-state index contributed by atoms with van der Waals surface area (Å²) in [5.74, 6) is 0.223. The largest absolute Gasteiger partial charge is 0.380 e. The highest BCUT2D eigenvalue weighted by atomic mass is 32.2. The first kappa shape index (κ1) is 15.4. The molecule has 1 saturated heterocycles. The number of rotatable bonds is 5. The highest BCUT2D eigenvalue weighted by molar-refractivity contribution is 8.00. The zero-order valence-electron chi connectivity index (χ0n) is 12.8. The standard InChI is InChI=1S/C17H19FN2OS/c1-16(12-21-11-15(16)22-10-7-19)17(2,20-8-9-20)13-5-3-4-6-14(13)18/h3-6,8-9,15H,10-12H2,1-2H3. The van der Waals surface area contributed by atoms with Gasteiger partial charge in [0.25, 0.3) is 0 Å². The third-order valence-corrected chi connectivity index (χ3v) is 6.41. The van der Waals surface area contributed by atoms with E-state index < -0.39 is 5.54 Å². The van der Waals surface area contributed by atoms with Gasteiger partial charge in [0.15, 0.2) is 0 Å². The van der Waals surface area contributed by atoms with Gasteiger partial charge in [-0.2, -0.15) is 5.26 Å². The van der Waals surface area contributed by atoms with Crippen molar-refractivity contribution < 1.29 is 9.13 Å². The van der Waals surface area contributed by atoms with Crippen molar-refractivity contribution in [3.8, 4) is 6.07 Å². The third-order valence-electron chi connectivity index (χ3n) is 5.06. The molecule has 0 aliphatic carbocycles. The Morgan fingerprint density at radius 1 is 1.50 bits per heavy atom. The molecule has 2 aliphatic heterocycles. The first-order valence-corrected chi connectivity index (χ1v) is 8.37. The van der Waals surface area contributed by atoms with E-state index in [0.29, 0.717) is 24.5 Å². The Kier molecular flexibility index (Phi) is 3.92. The molecule has 2 heterocycles. The van der Waals surface area contributed by atoms with Gasteiger partial charge in [-0.05, 0) is 13.0 Å². The summed E-state index contributed by atoms with van der Waals surface area (Å²) in [6, 6.07) is 9.13. The molecule has 2 aliphatic rings. The van der Waals surface area contributed by atoms with Crippen molar-refractivity contribution in [3.05, 3.63) is 48.0 Å². The summed E-state index contributed by atoms with van der Waals surface area (Å²) < 4.78 is 20.3. The second-order valence-electron chi connectivity index (χ2n) is 6.15. The van der Waals surface area contributed by atoms with E-state index in [1.807, 2.05) is 24.5 Å². The average Bonchev–Trinajstić information content (AvgIpc) is 3.29. The fourth-order valence-electron chi connectivity index (χ4n) is 3.41. The molecule has 1 aromatic rings. The second-order valence-corrected chi connectivity index (χ2v) is 7.34. The molecule has 1 aromatic carbocycles. The van der Waals surface area contributed by atoms with Crippen LogP contribution in [-0.4, -0.2) is 29.1 Å². The molecule has 3 rings (SSSR count). The average molecular weight is 318 g/mol. The van der Waals surface area contributed by atoms with Gasteiger partial charge in [-0.25, -0.2) is 4.39 Å². The molecule has 0 aromatic heterocycles. The molecule has 0 amide bonds. The highest BCUT2D eigenvalue weighted by Crippen LogP contribution is 2.55. The molecule has 116 valence electrons. The number of halogens is 1. The van der Waals surface area contributed by atoms with Crippen molar-refractivity contribution in [1.82, 2.24) is 4.90 Å². The minimum atomic E-state index is -0.526. The monoisotopic (exact) mass is 318 g/mol. The Labute approximate surface area is 134 Å². The van der Waals surface area contributed by atoms with Crippen LogP contribution in [0.4, 0.5) is 4.39 Å². The van der Waals surface area contributed by atoms with Crippen LogP contribution in [0.3, 0.4) is 0 Å². The van der Waals surface area contributed by atoms with Gasteiger partial charge in [0, 0.05) is 28.6 Å². The SMILES string of the molecule is CC1(C(C)(c2ccccc2F)N2C=C2)COCC1SCC#N. The summed E-state index contributed by atoms with van der Waals surface area (Å²) in [5.41, 5.74) is -0.141. The molecule has 22 heavy (non-hydrogen) atoms. The molecule has 0 N–H and O–H groups in total. The summed E-state index contributed by atoms with van der Waals surface area (Å²) in [4.78, 5) is 2.07. The molecular formula is C17H19FN2OS. The van der Waals surface area contributed by atoms with Crippen LogP contribution in [-0.2, 0) is 10.3 Å². The number of thioether (sulfide) groups is 1. The summed E-state index contributed by atoms with van der Waals surface area (Å²) in [7, 11) is 0. The maximum Gasteiger partial charge on any atom is 0.128 e. The molecule has 5 heteroatoms. The van der Waals surface area contributed by atoms with E-state index in [1.54, 1.807) is 17.8 Å². The van der Waals surface area contributed by atoms with E-state index in [9.17, 15) is 4.39 Å². The quantitative estimate of drug-likeness (QED) is 0.832. The summed E-state index contributed by atoms with van der Waals surface area (Å²) in [5, 5.41) is 9.04. The molecule has 0 radical (unpaired) electrons. The van der Waals surface area contributed by atoms with Gasteiger partial charge in [0.1, 0.15) is 5.82 Å². The topological polar surface area (TPSA) is 36.0 Å². The Balaban J connectivity index is 2.03. The van der Waals surface area contributed by atoms with Crippen molar-refractivity contribution in [1.29, 1.82) is 5.26 Å². The van der Waals surface area contributed by atoms with E-state index in [1.165, 1.54) is 6.07 Å². The zero-order chi connectivity index (χ0) is 15.8. The number of nitrogens with zero attached hydrogens (tertiary/aromatic N) is 2. The number of benzene rings is 1. The molecule has 0 bridgehead atoms. The van der Waals surface area contributed by atoms with Crippen LogP contribution < -0.4 is 0 Å². The molecule has 1 fully saturated rings. The number of hydrogen-bond donors (Lipinski definition) is 0. The highest BCUT2D eigenvalue weighted by Gasteiger charge is 2.58. The van der Waals surface area contributed by atoms with E-state index in [0.717, 1.165) is 0 Å². The second kappa shape index (κ2) is 5.60. The first-order valence-electron chi connectivity index (χ1n) is 7.32. The lowest BCUT2D eigenvalue weighted by Crippen LogP contribution is -2.53. The lowest BCUT2D eigenvalue weighted by atomic mass is 9.66. The van der Waals surface area contributed by atoms with Gasteiger partial charge in [-0.1, -0.05) is 25.1 Å². The smallest absolute Gasteiger partial charge is 0.128 e. The van der Waals surface area contributed by atoms with E-state index in [-0.39, 0.29) is 16.5 Å². The fourth-order valence-corrected chi connectivity index (χ4v) is 4.54. The summed E-state index contributed by atoms with van der Waals surface area (Å²) >= 11 is 1.60. The van der Waals surface area contributed by atoms with Gasteiger partial charge >= 0.3 is 0 Å². The lowest BCUT2D eigenvalue weighted by Gasteiger charge is -2.48. The van der Waals surface area contributed by atoms with E-state index in [4.69, 9.17) is 10.00 Å². The lowest BCUT2D eigenvalue weighted by molar-refractivity contribution is 0.0477. The Morgan fingerprint density at radius 2 is 2.23 bits per heavy atom. The molecule has 3 unspecified atom stereocenters. The van der Waals surface area contributed by atoms with Crippen LogP contribution >= 0.6 is 11.8 Å². The van der Waals surface area contributed by atoms with Crippen LogP contribution in [0.15, 0.2) is 36.7 Å². The zero-order valence-corrected chi connectivity index (χ0v) is 13.6. The number of hydrogen-bond acceptors (Lipinski definition) is 4. The molecule has 3 nitrogen and oxygen atoms in total. The van der Waals surface area contributed by atoms with Crippen molar-refractivity contribution in [2.45, 2.75) is 24.6 Å². The van der Waals surface area contributed by atoms with Crippen LogP contribution in [0, 0.1) is 22.6 Å². The van der Waals surface area contributed by atoms with Crippen LogP contribution in [0.25, 0.3) is 0 Å². The maximum atomic E-state index is 14.5. The van der Waals surface area contributed by atoms with Crippen LogP contribution in [0.2, 0.25) is 0 Å². The normalized spacial score (nSPS) is 29.2. The van der Waals surface area contributed by atoms with Crippen molar-refractivity contribution >= 4 is 11.8 Å². The van der Waals surface area contributed by atoms with Crippen LogP contribution in [0.1, 0.15) is 19.4 Å². The predicted molar refractivity (Wildman–Crippen MR) is 85.5 cm³/mol. The van der Waals surface area contributed by atoms with E-state index in [2.05, 4.69) is 24.8 Å². The summed E-state index contributed by atoms with van der Waals surface area (Å²) in [6.07, 6.45) is 3.95. The Bertz CT molecular complexity index is 638. The Morgan fingerprint density at radius 3 is 2.86 bits per heavy atom. The molecule has 0 spiro atoms. The van der Waals surface area contributed by atoms with Crippen molar-refractivity contribution in [3.63, 3.8) is 0 Å². The van der Waals surface area contributed by atoms with Gasteiger partial charge in [0.2, 0.25) is 0 Å². The molecular weight excluding hydrogens is 299 g/mol. The van der Waals surface area contributed by atoms with Crippen molar-refractivity contribution in [2.24, 2.45) is 5.41 Å². The van der Waals surface area contributed by atoms with Gasteiger partial charge in [0.05, 0.1) is 30.6 Å².